The highest BCUT2D eigenvalue weighted by molar-refractivity contribution is 6.30. The van der Waals surface area contributed by atoms with Crippen molar-refractivity contribution in [3.8, 4) is 0 Å². The van der Waals surface area contributed by atoms with Gasteiger partial charge in [0.15, 0.2) is 0 Å². The molecule has 0 radical (unpaired) electrons. The minimum absolute atomic E-state index is 0.124. The fourth-order valence-corrected chi connectivity index (χ4v) is 2.72. The van der Waals surface area contributed by atoms with E-state index in [1.807, 2.05) is 0 Å². The van der Waals surface area contributed by atoms with Crippen LogP contribution in [0, 0.1) is 5.92 Å². The molecule has 0 aromatic carbocycles. The lowest BCUT2D eigenvalue weighted by Gasteiger charge is -2.14. The lowest BCUT2D eigenvalue weighted by molar-refractivity contribution is 0.178. The Kier molecular flexibility index (Phi) is 4.78. The predicted molar refractivity (Wildman–Crippen MR) is 72.9 cm³/mol. The van der Waals surface area contributed by atoms with E-state index in [0.29, 0.717) is 11.1 Å². The van der Waals surface area contributed by atoms with Crippen LogP contribution in [0.4, 0.5) is 5.82 Å². The fourth-order valence-electron chi connectivity index (χ4n) is 2.49. The summed E-state index contributed by atoms with van der Waals surface area (Å²) in [4.78, 5) is 8.29. The van der Waals surface area contributed by atoms with Crippen LogP contribution >= 0.6 is 11.6 Å². The highest BCUT2D eigenvalue weighted by Gasteiger charge is 2.22. The third-order valence-electron chi connectivity index (χ3n) is 3.46. The topological polar surface area (TPSA) is 58.0 Å². The van der Waals surface area contributed by atoms with Gasteiger partial charge in [-0.25, -0.2) is 9.97 Å². The van der Waals surface area contributed by atoms with E-state index in [1.165, 1.54) is 6.33 Å². The van der Waals surface area contributed by atoms with Crippen molar-refractivity contribution in [1.29, 1.82) is 0 Å². The van der Waals surface area contributed by atoms with E-state index in [9.17, 15) is 5.11 Å². The molecule has 1 saturated carbocycles. The van der Waals surface area contributed by atoms with Crippen LogP contribution in [0.3, 0.4) is 0 Å². The van der Waals surface area contributed by atoms with Gasteiger partial charge in [0.25, 0.3) is 0 Å². The zero-order valence-electron chi connectivity index (χ0n) is 10.7. The number of anilines is 1. The van der Waals surface area contributed by atoms with Gasteiger partial charge in [0.05, 0.1) is 6.10 Å². The van der Waals surface area contributed by atoms with Crippen molar-refractivity contribution in [2.45, 2.75) is 45.1 Å². The van der Waals surface area contributed by atoms with Crippen LogP contribution in [-0.2, 0) is 6.42 Å². The van der Waals surface area contributed by atoms with Crippen LogP contribution in [0.25, 0.3) is 0 Å². The summed E-state index contributed by atoms with van der Waals surface area (Å²) in [6.07, 6.45) is 6.15. The Hall–Kier alpha value is -0.870. The lowest BCUT2D eigenvalue weighted by Crippen LogP contribution is -2.15. The minimum atomic E-state index is -0.124. The number of rotatable bonds is 5. The molecule has 2 atom stereocenters. The zero-order valence-corrected chi connectivity index (χ0v) is 11.5. The second-order valence-corrected chi connectivity index (χ2v) is 5.31. The molecule has 5 heteroatoms. The first-order valence-electron chi connectivity index (χ1n) is 6.62. The zero-order chi connectivity index (χ0) is 13.0. The number of hydrogen-bond donors (Lipinski definition) is 2. The molecule has 0 bridgehead atoms. The molecule has 2 N–H and O–H groups in total. The maximum absolute atomic E-state index is 9.51. The van der Waals surface area contributed by atoms with Gasteiger partial charge >= 0.3 is 0 Å². The molecule has 1 aromatic heterocycles. The summed E-state index contributed by atoms with van der Waals surface area (Å²) in [6, 6.07) is 0. The normalized spacial score (nSPS) is 23.3. The van der Waals surface area contributed by atoms with Crippen LogP contribution < -0.4 is 5.32 Å². The minimum Gasteiger partial charge on any atom is -0.393 e. The third kappa shape index (κ3) is 3.33. The van der Waals surface area contributed by atoms with Crippen LogP contribution in [0.15, 0.2) is 6.33 Å². The number of aliphatic hydroxyl groups is 1. The molecule has 2 rings (SSSR count). The van der Waals surface area contributed by atoms with E-state index in [4.69, 9.17) is 11.6 Å². The molecule has 100 valence electrons. The van der Waals surface area contributed by atoms with Gasteiger partial charge in [-0.15, -0.1) is 0 Å². The van der Waals surface area contributed by atoms with E-state index in [2.05, 4.69) is 22.2 Å². The Morgan fingerprint density at radius 3 is 2.94 bits per heavy atom. The fraction of sp³-hybridized carbons (Fsp3) is 0.692. The molecule has 1 heterocycles. The van der Waals surface area contributed by atoms with Crippen LogP contribution in [-0.4, -0.2) is 27.7 Å². The molecular formula is C13H20ClN3O. The van der Waals surface area contributed by atoms with E-state index in [0.717, 1.165) is 50.0 Å². The van der Waals surface area contributed by atoms with Crippen LogP contribution in [0.1, 0.15) is 38.2 Å². The van der Waals surface area contributed by atoms with E-state index >= 15 is 0 Å². The van der Waals surface area contributed by atoms with Crippen molar-refractivity contribution >= 4 is 17.4 Å². The Bertz CT molecular complexity index is 400. The number of halogens is 1. The average Bonchev–Trinajstić information content (AvgIpc) is 2.76. The monoisotopic (exact) mass is 269 g/mol. The molecule has 1 aliphatic carbocycles. The van der Waals surface area contributed by atoms with Crippen molar-refractivity contribution in [2.24, 2.45) is 5.92 Å². The van der Waals surface area contributed by atoms with Gasteiger partial charge < -0.3 is 10.4 Å². The summed E-state index contributed by atoms with van der Waals surface area (Å²) in [5, 5.41) is 13.4. The first-order valence-corrected chi connectivity index (χ1v) is 6.99. The average molecular weight is 270 g/mol. The smallest absolute Gasteiger partial charge is 0.137 e. The first-order chi connectivity index (χ1) is 8.70. The van der Waals surface area contributed by atoms with Gasteiger partial charge in [0.1, 0.15) is 17.3 Å². The van der Waals surface area contributed by atoms with Crippen molar-refractivity contribution in [3.05, 3.63) is 17.0 Å². The summed E-state index contributed by atoms with van der Waals surface area (Å²) < 4.78 is 0. The number of aliphatic hydroxyl groups excluding tert-OH is 1. The summed E-state index contributed by atoms with van der Waals surface area (Å²) in [7, 11) is 0. The standard InChI is InChI=1S/C13H20ClN3O/c1-2-3-11-12(14)16-8-17-13(11)15-7-9-4-5-10(18)6-9/h8-10,18H,2-7H2,1H3,(H,15,16,17). The predicted octanol–water partition coefficient (Wildman–Crippen LogP) is 2.66. The van der Waals surface area contributed by atoms with E-state index < -0.39 is 0 Å². The number of nitrogens with zero attached hydrogens (tertiary/aromatic N) is 2. The summed E-state index contributed by atoms with van der Waals surface area (Å²) in [5.41, 5.74) is 1.00. The molecule has 1 aromatic rings. The molecule has 1 fully saturated rings. The van der Waals surface area contributed by atoms with Crippen molar-refractivity contribution in [3.63, 3.8) is 0 Å². The van der Waals surface area contributed by atoms with Gasteiger partial charge in [0, 0.05) is 12.1 Å². The maximum Gasteiger partial charge on any atom is 0.137 e. The van der Waals surface area contributed by atoms with Crippen molar-refractivity contribution < 1.29 is 5.11 Å². The molecule has 0 aliphatic heterocycles. The van der Waals surface area contributed by atoms with Gasteiger partial charge in [0.2, 0.25) is 0 Å². The Morgan fingerprint density at radius 1 is 1.44 bits per heavy atom. The maximum atomic E-state index is 9.51. The van der Waals surface area contributed by atoms with Gasteiger partial charge in [-0.3, -0.25) is 0 Å². The van der Waals surface area contributed by atoms with Gasteiger partial charge in [-0.05, 0) is 31.6 Å². The van der Waals surface area contributed by atoms with Gasteiger partial charge in [-0.2, -0.15) is 0 Å². The number of hydrogen-bond acceptors (Lipinski definition) is 4. The highest BCUT2D eigenvalue weighted by atomic mass is 35.5. The third-order valence-corrected chi connectivity index (χ3v) is 3.79. The first kappa shape index (κ1) is 13.6. The summed E-state index contributed by atoms with van der Waals surface area (Å²) in [5.74, 6) is 1.38. The Balaban J connectivity index is 1.98. The van der Waals surface area contributed by atoms with E-state index in [-0.39, 0.29) is 6.10 Å². The highest BCUT2D eigenvalue weighted by Crippen LogP contribution is 2.27. The second kappa shape index (κ2) is 6.34. The van der Waals surface area contributed by atoms with Crippen LogP contribution in [0.5, 0.6) is 0 Å². The lowest BCUT2D eigenvalue weighted by atomic mass is 10.1. The van der Waals surface area contributed by atoms with Crippen LogP contribution in [0.2, 0.25) is 5.15 Å². The second-order valence-electron chi connectivity index (χ2n) is 4.96. The van der Waals surface area contributed by atoms with Crippen molar-refractivity contribution in [1.82, 2.24) is 9.97 Å². The quantitative estimate of drug-likeness (QED) is 0.807. The number of nitrogens with one attached hydrogen (secondary N) is 1. The molecule has 0 spiro atoms. The molecule has 4 nitrogen and oxygen atoms in total. The summed E-state index contributed by atoms with van der Waals surface area (Å²) >= 11 is 6.10. The molecule has 1 aliphatic rings. The molecular weight excluding hydrogens is 250 g/mol. The molecule has 2 unspecified atom stereocenters. The van der Waals surface area contributed by atoms with Crippen molar-refractivity contribution in [2.75, 3.05) is 11.9 Å². The SMILES string of the molecule is CCCc1c(Cl)ncnc1NCC1CCC(O)C1. The molecule has 18 heavy (non-hydrogen) atoms. The molecule has 0 amide bonds. The summed E-state index contributed by atoms with van der Waals surface area (Å²) in [6.45, 7) is 2.96. The Labute approximate surface area is 113 Å². The molecule has 0 saturated heterocycles. The largest absolute Gasteiger partial charge is 0.393 e. The van der Waals surface area contributed by atoms with Gasteiger partial charge in [-0.1, -0.05) is 24.9 Å². The number of aromatic nitrogens is 2. The Morgan fingerprint density at radius 2 is 2.28 bits per heavy atom. The van der Waals surface area contributed by atoms with E-state index in [1.54, 1.807) is 0 Å².